The summed E-state index contributed by atoms with van der Waals surface area (Å²) in [4.78, 5) is 0. The smallest absolute Gasteiger partial charge is 0.144 e. The predicted octanol–water partition coefficient (Wildman–Crippen LogP) is 3.76. The normalized spacial score (nSPS) is 16.7. The molecule has 1 unspecified atom stereocenters. The van der Waals surface area contributed by atoms with Crippen molar-refractivity contribution in [2.75, 3.05) is 11.9 Å². The van der Waals surface area contributed by atoms with Gasteiger partial charge in [0.1, 0.15) is 11.9 Å². The number of nitriles is 1. The number of nitrogens with zero attached hydrogens (tertiary/aromatic N) is 1. The third kappa shape index (κ3) is 2.35. The molecule has 0 amide bonds. The number of anilines is 1. The van der Waals surface area contributed by atoms with Crippen molar-refractivity contribution in [1.29, 1.82) is 5.26 Å². The molecule has 2 aromatic rings. The molecule has 3 nitrogen and oxygen atoms in total. The Bertz CT molecular complexity index is 663. The monoisotopic (exact) mass is 270 g/mol. The molecule has 2 aromatic carbocycles. The van der Waals surface area contributed by atoms with Crippen LogP contribution in [-0.4, -0.2) is 6.54 Å². The van der Waals surface area contributed by atoms with E-state index in [1.807, 2.05) is 30.3 Å². The van der Waals surface area contributed by atoms with E-state index in [0.29, 0.717) is 17.1 Å². The Balaban J connectivity index is 1.91. The lowest BCUT2D eigenvalue weighted by Crippen LogP contribution is -2.23. The van der Waals surface area contributed by atoms with Crippen molar-refractivity contribution in [1.82, 2.24) is 0 Å². The van der Waals surface area contributed by atoms with Crippen LogP contribution >= 0.6 is 11.6 Å². The summed E-state index contributed by atoms with van der Waals surface area (Å²) < 4.78 is 5.94. The molecule has 0 aliphatic carbocycles. The lowest BCUT2D eigenvalue weighted by molar-refractivity contribution is 0.210. The van der Waals surface area contributed by atoms with Gasteiger partial charge >= 0.3 is 0 Å². The summed E-state index contributed by atoms with van der Waals surface area (Å²) >= 11 is 5.97. The van der Waals surface area contributed by atoms with Crippen LogP contribution in [0, 0.1) is 11.3 Å². The van der Waals surface area contributed by atoms with Crippen LogP contribution in [0.3, 0.4) is 0 Å². The zero-order valence-electron chi connectivity index (χ0n) is 10.1. The van der Waals surface area contributed by atoms with E-state index >= 15 is 0 Å². The van der Waals surface area contributed by atoms with Crippen LogP contribution in [0.4, 0.5) is 5.69 Å². The van der Waals surface area contributed by atoms with Gasteiger partial charge in [0.15, 0.2) is 0 Å². The third-order valence-corrected chi connectivity index (χ3v) is 3.31. The minimum Gasteiger partial charge on any atom is -0.482 e. The number of hydrogen-bond donors (Lipinski definition) is 1. The first-order valence-electron chi connectivity index (χ1n) is 5.96. The van der Waals surface area contributed by atoms with Crippen molar-refractivity contribution in [2.24, 2.45) is 0 Å². The summed E-state index contributed by atoms with van der Waals surface area (Å²) in [6.45, 7) is 0.670. The van der Waals surface area contributed by atoms with E-state index in [2.05, 4.69) is 11.4 Å². The molecule has 1 aliphatic rings. The van der Waals surface area contributed by atoms with Crippen molar-refractivity contribution in [3.63, 3.8) is 0 Å². The third-order valence-electron chi connectivity index (χ3n) is 3.08. The maximum atomic E-state index is 8.93. The average Bonchev–Trinajstić information content (AvgIpc) is 2.46. The highest BCUT2D eigenvalue weighted by molar-refractivity contribution is 6.30. The second-order valence-corrected chi connectivity index (χ2v) is 4.80. The van der Waals surface area contributed by atoms with Gasteiger partial charge in [-0.1, -0.05) is 23.7 Å². The molecule has 19 heavy (non-hydrogen) atoms. The topological polar surface area (TPSA) is 45.0 Å². The summed E-state index contributed by atoms with van der Waals surface area (Å²) in [6, 6.07) is 15.1. The second kappa shape index (κ2) is 4.83. The van der Waals surface area contributed by atoms with Gasteiger partial charge in [-0.05, 0) is 29.8 Å². The Hall–Kier alpha value is -2.18. The Morgan fingerprint density at radius 3 is 3.00 bits per heavy atom. The summed E-state index contributed by atoms with van der Waals surface area (Å²) in [7, 11) is 0. The fourth-order valence-electron chi connectivity index (χ4n) is 2.13. The molecule has 0 saturated heterocycles. The largest absolute Gasteiger partial charge is 0.482 e. The fraction of sp³-hybridized carbons (Fsp3) is 0.133. The average molecular weight is 271 g/mol. The van der Waals surface area contributed by atoms with Crippen LogP contribution in [0.15, 0.2) is 42.5 Å². The van der Waals surface area contributed by atoms with E-state index in [1.165, 1.54) is 0 Å². The lowest BCUT2D eigenvalue weighted by Gasteiger charge is -2.27. The Labute approximate surface area is 116 Å². The SMILES string of the molecule is N#Cc1cccc(C2CNc3ccc(Cl)cc3O2)c1. The van der Waals surface area contributed by atoms with Crippen molar-refractivity contribution in [2.45, 2.75) is 6.10 Å². The number of rotatable bonds is 1. The van der Waals surface area contributed by atoms with Crippen LogP contribution in [-0.2, 0) is 0 Å². The summed E-state index contributed by atoms with van der Waals surface area (Å²) in [6.07, 6.45) is -0.112. The molecule has 3 rings (SSSR count). The molecule has 0 bridgehead atoms. The number of nitrogens with one attached hydrogen (secondary N) is 1. The molecule has 0 fully saturated rings. The maximum absolute atomic E-state index is 8.93. The zero-order valence-corrected chi connectivity index (χ0v) is 10.8. The first kappa shape index (κ1) is 11.9. The van der Waals surface area contributed by atoms with Gasteiger partial charge in [-0.25, -0.2) is 0 Å². The van der Waals surface area contributed by atoms with E-state index < -0.39 is 0 Å². The van der Waals surface area contributed by atoms with Gasteiger partial charge in [0, 0.05) is 11.1 Å². The standard InChI is InChI=1S/C15H11ClN2O/c16-12-4-5-13-14(7-12)19-15(9-18-13)11-3-1-2-10(6-11)8-17/h1-7,15,18H,9H2. The van der Waals surface area contributed by atoms with Crippen LogP contribution in [0.25, 0.3) is 0 Å². The maximum Gasteiger partial charge on any atom is 0.144 e. The molecule has 0 spiro atoms. The molecule has 0 radical (unpaired) electrons. The number of ether oxygens (including phenoxy) is 1. The molecular weight excluding hydrogens is 260 g/mol. The highest BCUT2D eigenvalue weighted by Crippen LogP contribution is 2.36. The molecule has 1 heterocycles. The molecule has 1 aliphatic heterocycles. The number of fused-ring (bicyclic) bond motifs is 1. The highest BCUT2D eigenvalue weighted by atomic mass is 35.5. The van der Waals surface area contributed by atoms with Gasteiger partial charge in [0.05, 0.1) is 23.9 Å². The van der Waals surface area contributed by atoms with Crippen LogP contribution in [0.2, 0.25) is 5.02 Å². The molecule has 1 atom stereocenters. The Morgan fingerprint density at radius 2 is 2.16 bits per heavy atom. The summed E-state index contributed by atoms with van der Waals surface area (Å²) in [5.41, 5.74) is 2.56. The van der Waals surface area contributed by atoms with Crippen molar-refractivity contribution in [3.8, 4) is 11.8 Å². The molecule has 4 heteroatoms. The quantitative estimate of drug-likeness (QED) is 0.858. The van der Waals surface area contributed by atoms with Gasteiger partial charge < -0.3 is 10.1 Å². The van der Waals surface area contributed by atoms with Gasteiger partial charge in [-0.3, -0.25) is 0 Å². The lowest BCUT2D eigenvalue weighted by atomic mass is 10.0. The predicted molar refractivity (Wildman–Crippen MR) is 74.5 cm³/mol. The second-order valence-electron chi connectivity index (χ2n) is 4.37. The molecule has 1 N–H and O–H groups in total. The minimum atomic E-state index is -0.112. The number of benzene rings is 2. The van der Waals surface area contributed by atoms with Crippen LogP contribution < -0.4 is 10.1 Å². The number of halogens is 1. The fourth-order valence-corrected chi connectivity index (χ4v) is 2.29. The van der Waals surface area contributed by atoms with Crippen molar-refractivity contribution >= 4 is 17.3 Å². The summed E-state index contributed by atoms with van der Waals surface area (Å²) in [5, 5.41) is 12.9. The van der Waals surface area contributed by atoms with Crippen molar-refractivity contribution < 1.29 is 4.74 Å². The Kier molecular flexibility index (Phi) is 3.02. The van der Waals surface area contributed by atoms with Gasteiger partial charge in [-0.2, -0.15) is 5.26 Å². The molecular formula is C15H11ClN2O. The van der Waals surface area contributed by atoms with E-state index in [0.717, 1.165) is 17.0 Å². The highest BCUT2D eigenvalue weighted by Gasteiger charge is 2.21. The first-order chi connectivity index (χ1) is 9.26. The van der Waals surface area contributed by atoms with E-state index in [1.54, 1.807) is 12.1 Å². The van der Waals surface area contributed by atoms with E-state index in [4.69, 9.17) is 21.6 Å². The van der Waals surface area contributed by atoms with Gasteiger partial charge in [0.2, 0.25) is 0 Å². The summed E-state index contributed by atoms with van der Waals surface area (Å²) in [5.74, 6) is 0.742. The Morgan fingerprint density at radius 1 is 1.26 bits per heavy atom. The molecule has 0 saturated carbocycles. The van der Waals surface area contributed by atoms with Gasteiger partial charge in [0.25, 0.3) is 0 Å². The van der Waals surface area contributed by atoms with Crippen LogP contribution in [0.5, 0.6) is 5.75 Å². The molecule has 94 valence electrons. The van der Waals surface area contributed by atoms with E-state index in [-0.39, 0.29) is 6.10 Å². The number of hydrogen-bond acceptors (Lipinski definition) is 3. The minimum absolute atomic E-state index is 0.112. The molecule has 0 aromatic heterocycles. The van der Waals surface area contributed by atoms with Crippen molar-refractivity contribution in [3.05, 3.63) is 58.6 Å². The zero-order chi connectivity index (χ0) is 13.2. The van der Waals surface area contributed by atoms with E-state index in [9.17, 15) is 0 Å². The first-order valence-corrected chi connectivity index (χ1v) is 6.34. The van der Waals surface area contributed by atoms with Crippen LogP contribution in [0.1, 0.15) is 17.2 Å². The van der Waals surface area contributed by atoms with Gasteiger partial charge in [-0.15, -0.1) is 0 Å².